The van der Waals surface area contributed by atoms with Crippen LogP contribution in [0.1, 0.15) is 40.4 Å². The molecule has 0 bridgehead atoms. The third-order valence-electron chi connectivity index (χ3n) is 5.76. The number of benzene rings is 1. The van der Waals surface area contributed by atoms with Gasteiger partial charge in [-0.25, -0.2) is 18.2 Å². The molecule has 1 aliphatic heterocycles. The van der Waals surface area contributed by atoms with Crippen molar-refractivity contribution >= 4 is 11.7 Å². The number of hydrogen-bond acceptors (Lipinski definition) is 5. The number of fused-ring (bicyclic) bond motifs is 2. The third-order valence-corrected chi connectivity index (χ3v) is 5.76. The van der Waals surface area contributed by atoms with Crippen molar-refractivity contribution in [3.63, 3.8) is 0 Å². The van der Waals surface area contributed by atoms with Crippen LogP contribution < -0.4 is 0 Å². The second kappa shape index (κ2) is 7.14. The van der Waals surface area contributed by atoms with Gasteiger partial charge < -0.3 is 4.90 Å². The van der Waals surface area contributed by atoms with Gasteiger partial charge in [-0.05, 0) is 38.5 Å². The Kier molecular flexibility index (Phi) is 4.50. The topological polar surface area (TPSA) is 81.2 Å². The van der Waals surface area contributed by atoms with Crippen molar-refractivity contribution in [1.29, 1.82) is 0 Å². The number of nitrogens with zero attached hydrogens (tertiary/aromatic N) is 7. The molecule has 4 heterocycles. The summed E-state index contributed by atoms with van der Waals surface area (Å²) in [5, 5.41) is 8.62. The highest BCUT2D eigenvalue weighted by atomic mass is 19.2. The highest BCUT2D eigenvalue weighted by Gasteiger charge is 2.34. The summed E-state index contributed by atoms with van der Waals surface area (Å²) >= 11 is 0. The molecule has 3 aromatic heterocycles. The summed E-state index contributed by atoms with van der Waals surface area (Å²) < 4.78 is 44.0. The van der Waals surface area contributed by atoms with Gasteiger partial charge in [0.05, 0.1) is 17.4 Å². The number of aryl methyl sites for hydroxylation is 2. The van der Waals surface area contributed by atoms with Crippen molar-refractivity contribution in [2.45, 2.75) is 26.3 Å². The van der Waals surface area contributed by atoms with Crippen molar-refractivity contribution in [1.82, 2.24) is 34.3 Å². The molecule has 0 unspecified atom stereocenters. The summed E-state index contributed by atoms with van der Waals surface area (Å²) in [7, 11) is 1.65. The number of aromatic nitrogens is 6. The van der Waals surface area contributed by atoms with Gasteiger partial charge in [0.2, 0.25) is 0 Å². The fraction of sp³-hybridized carbons (Fsp3) is 0.286. The van der Waals surface area contributed by atoms with E-state index in [2.05, 4.69) is 20.2 Å². The highest BCUT2D eigenvalue weighted by Crippen LogP contribution is 2.36. The van der Waals surface area contributed by atoms with Crippen LogP contribution in [0.5, 0.6) is 0 Å². The third kappa shape index (κ3) is 2.95. The number of carbonyl (C=O) groups excluding carboxylic acids is 1. The maximum Gasteiger partial charge on any atom is 0.273 e. The van der Waals surface area contributed by atoms with Crippen LogP contribution in [0.3, 0.4) is 0 Å². The minimum Gasteiger partial charge on any atom is -0.329 e. The zero-order valence-electron chi connectivity index (χ0n) is 17.5. The Morgan fingerprint density at radius 1 is 1.16 bits per heavy atom. The van der Waals surface area contributed by atoms with Gasteiger partial charge in [0, 0.05) is 30.4 Å². The van der Waals surface area contributed by atoms with Gasteiger partial charge in [0.1, 0.15) is 12.0 Å². The lowest BCUT2D eigenvalue weighted by Crippen LogP contribution is -2.39. The van der Waals surface area contributed by atoms with Crippen molar-refractivity contribution < 1.29 is 18.0 Å². The molecule has 0 saturated heterocycles. The normalized spacial score (nSPS) is 15.9. The summed E-state index contributed by atoms with van der Waals surface area (Å²) in [5.41, 5.74) is 3.05. The van der Waals surface area contributed by atoms with Crippen molar-refractivity contribution in [3.8, 4) is 11.3 Å². The molecule has 164 valence electrons. The van der Waals surface area contributed by atoms with Gasteiger partial charge in [-0.15, -0.1) is 0 Å². The molecule has 0 N–H and O–H groups in total. The summed E-state index contributed by atoms with van der Waals surface area (Å²) in [6, 6.07) is 3.16. The van der Waals surface area contributed by atoms with Crippen molar-refractivity contribution in [3.05, 3.63) is 64.6 Å². The van der Waals surface area contributed by atoms with E-state index < -0.39 is 23.5 Å². The molecular weight excluding hydrogens is 423 g/mol. The van der Waals surface area contributed by atoms with Crippen LogP contribution >= 0.6 is 0 Å². The fourth-order valence-corrected chi connectivity index (χ4v) is 4.31. The monoisotopic (exact) mass is 441 g/mol. The lowest BCUT2D eigenvalue weighted by molar-refractivity contribution is 0.0664. The molecule has 1 aliphatic rings. The van der Waals surface area contributed by atoms with Gasteiger partial charge in [-0.2, -0.15) is 19.7 Å². The fourth-order valence-electron chi connectivity index (χ4n) is 4.31. The minimum absolute atomic E-state index is 0.193. The van der Waals surface area contributed by atoms with Crippen LogP contribution in [0.2, 0.25) is 0 Å². The molecule has 0 saturated carbocycles. The van der Waals surface area contributed by atoms with Gasteiger partial charge in [0.15, 0.2) is 17.5 Å². The average molecular weight is 441 g/mol. The van der Waals surface area contributed by atoms with E-state index in [9.17, 15) is 18.0 Å². The van der Waals surface area contributed by atoms with Crippen LogP contribution in [0, 0.1) is 24.4 Å². The van der Waals surface area contributed by atoms with Crippen LogP contribution in [0.25, 0.3) is 17.0 Å². The SMILES string of the molecule is Cc1cc(C(=O)N2CCc3c(nn(C)c3-c3cc(F)c(F)c(F)c3)[C@@H]2C)n2ncnc2n1. The lowest BCUT2D eigenvalue weighted by Gasteiger charge is -2.33. The van der Waals surface area contributed by atoms with Crippen LogP contribution in [0.4, 0.5) is 13.2 Å². The molecule has 5 rings (SSSR count). The maximum atomic E-state index is 13.8. The zero-order chi connectivity index (χ0) is 22.7. The minimum atomic E-state index is -1.51. The Labute approximate surface area is 180 Å². The van der Waals surface area contributed by atoms with Crippen LogP contribution in [-0.2, 0) is 13.5 Å². The first kappa shape index (κ1) is 20.2. The van der Waals surface area contributed by atoms with E-state index in [0.29, 0.717) is 41.5 Å². The Balaban J connectivity index is 1.55. The average Bonchev–Trinajstić information content (AvgIpc) is 3.35. The van der Waals surface area contributed by atoms with Crippen molar-refractivity contribution in [2.75, 3.05) is 6.54 Å². The van der Waals surface area contributed by atoms with Gasteiger partial charge in [-0.1, -0.05) is 0 Å². The van der Waals surface area contributed by atoms with Gasteiger partial charge in [0.25, 0.3) is 11.7 Å². The molecule has 0 spiro atoms. The largest absolute Gasteiger partial charge is 0.329 e. The predicted molar refractivity (Wildman–Crippen MR) is 107 cm³/mol. The molecule has 1 amide bonds. The smallest absolute Gasteiger partial charge is 0.273 e. The predicted octanol–water partition coefficient (Wildman–Crippen LogP) is 3.01. The molecule has 8 nitrogen and oxygen atoms in total. The summed E-state index contributed by atoms with van der Waals surface area (Å²) in [5.74, 6) is -3.96. The number of halogens is 3. The molecular formula is C21H18F3N7O. The standard InChI is InChI=1S/C21H18F3N7O/c1-10-6-16(31-21(27-10)25-9-26-31)20(32)30-5-4-13-18(11(30)2)28-29(3)19(13)12-7-14(22)17(24)15(23)8-12/h6-9,11H,4-5H2,1-3H3/t11-/m0/s1. The van der Waals surface area contributed by atoms with Gasteiger partial charge in [-0.3, -0.25) is 9.48 Å². The molecule has 1 aromatic carbocycles. The molecule has 4 aromatic rings. The van der Waals surface area contributed by atoms with E-state index in [-0.39, 0.29) is 11.5 Å². The second-order valence-electron chi connectivity index (χ2n) is 7.77. The quantitative estimate of drug-likeness (QED) is 0.447. The Bertz CT molecular complexity index is 1370. The maximum absolute atomic E-state index is 13.8. The lowest BCUT2D eigenvalue weighted by atomic mass is 9.95. The second-order valence-corrected chi connectivity index (χ2v) is 7.77. The Morgan fingerprint density at radius 3 is 2.59 bits per heavy atom. The number of hydrogen-bond donors (Lipinski definition) is 0. The number of carbonyl (C=O) groups is 1. The Morgan fingerprint density at radius 2 is 1.88 bits per heavy atom. The van der Waals surface area contributed by atoms with E-state index in [4.69, 9.17) is 0 Å². The first-order chi connectivity index (χ1) is 15.3. The van der Waals surface area contributed by atoms with E-state index in [0.717, 1.165) is 17.7 Å². The molecule has 1 atom stereocenters. The molecule has 11 heteroatoms. The number of rotatable bonds is 2. The molecule has 32 heavy (non-hydrogen) atoms. The summed E-state index contributed by atoms with van der Waals surface area (Å²) in [6.45, 7) is 3.97. The molecule has 0 aliphatic carbocycles. The Hall–Kier alpha value is -3.76. The van der Waals surface area contributed by atoms with E-state index >= 15 is 0 Å². The van der Waals surface area contributed by atoms with Crippen LogP contribution in [-0.4, -0.2) is 46.7 Å². The van der Waals surface area contributed by atoms with E-state index in [1.165, 1.54) is 15.5 Å². The van der Waals surface area contributed by atoms with Crippen LogP contribution in [0.15, 0.2) is 24.5 Å². The summed E-state index contributed by atoms with van der Waals surface area (Å²) in [4.78, 5) is 23.4. The van der Waals surface area contributed by atoms with Crippen molar-refractivity contribution in [2.24, 2.45) is 7.05 Å². The first-order valence-corrected chi connectivity index (χ1v) is 9.95. The molecule has 0 fully saturated rings. The number of amides is 1. The van der Waals surface area contributed by atoms with E-state index in [1.807, 2.05) is 6.92 Å². The zero-order valence-corrected chi connectivity index (χ0v) is 17.5. The van der Waals surface area contributed by atoms with Gasteiger partial charge >= 0.3 is 0 Å². The summed E-state index contributed by atoms with van der Waals surface area (Å²) in [6.07, 6.45) is 1.75. The van der Waals surface area contributed by atoms with E-state index in [1.54, 1.807) is 24.9 Å². The molecule has 0 radical (unpaired) electrons. The first-order valence-electron chi connectivity index (χ1n) is 9.95. The highest BCUT2D eigenvalue weighted by molar-refractivity contribution is 5.93.